The van der Waals surface area contributed by atoms with Gasteiger partial charge in [0.15, 0.2) is 6.61 Å². The van der Waals surface area contributed by atoms with Gasteiger partial charge in [0.2, 0.25) is 5.95 Å². The molecule has 1 fully saturated rings. The Kier molecular flexibility index (Phi) is 6.14. The quantitative estimate of drug-likeness (QED) is 0.592. The molecular weight excluding hydrogens is 344 g/mol. The topological polar surface area (TPSA) is 75.6 Å². The normalized spacial score (nSPS) is 14.4. The second kappa shape index (κ2) is 8.93. The number of carbonyl (C=O) groups is 2. The maximum atomic E-state index is 12.2. The summed E-state index contributed by atoms with van der Waals surface area (Å²) < 4.78 is 5.07. The molecule has 0 bridgehead atoms. The SMILES string of the molecule is Cc1cccc(/C=C/C(=O)OCC(=O)N2CCN(c3ncccn3)CC2)c1. The molecule has 1 aromatic carbocycles. The maximum Gasteiger partial charge on any atom is 0.331 e. The van der Waals surface area contributed by atoms with Crippen molar-refractivity contribution in [1.82, 2.24) is 14.9 Å². The molecule has 0 saturated carbocycles. The number of aromatic nitrogens is 2. The van der Waals surface area contributed by atoms with Crippen LogP contribution < -0.4 is 4.90 Å². The molecule has 1 aliphatic rings. The Hall–Kier alpha value is -3.22. The van der Waals surface area contributed by atoms with E-state index >= 15 is 0 Å². The fourth-order valence-corrected chi connectivity index (χ4v) is 2.82. The molecule has 0 unspecified atom stereocenters. The Morgan fingerprint density at radius 2 is 1.85 bits per heavy atom. The van der Waals surface area contributed by atoms with E-state index < -0.39 is 5.97 Å². The third-order valence-corrected chi connectivity index (χ3v) is 4.26. The number of nitrogens with zero attached hydrogens (tertiary/aromatic N) is 4. The van der Waals surface area contributed by atoms with Crippen LogP contribution in [0.25, 0.3) is 6.08 Å². The average molecular weight is 366 g/mol. The highest BCUT2D eigenvalue weighted by molar-refractivity contribution is 5.89. The summed E-state index contributed by atoms with van der Waals surface area (Å²) in [4.78, 5) is 36.2. The van der Waals surface area contributed by atoms with Crippen molar-refractivity contribution in [3.8, 4) is 0 Å². The molecule has 27 heavy (non-hydrogen) atoms. The lowest BCUT2D eigenvalue weighted by Gasteiger charge is -2.34. The molecule has 2 heterocycles. The Labute approximate surface area is 158 Å². The van der Waals surface area contributed by atoms with Crippen molar-refractivity contribution in [1.29, 1.82) is 0 Å². The number of benzene rings is 1. The van der Waals surface area contributed by atoms with Crippen LogP contribution in [0.1, 0.15) is 11.1 Å². The lowest BCUT2D eigenvalue weighted by atomic mass is 10.1. The first kappa shape index (κ1) is 18.6. The van der Waals surface area contributed by atoms with Gasteiger partial charge >= 0.3 is 5.97 Å². The fourth-order valence-electron chi connectivity index (χ4n) is 2.82. The Morgan fingerprint density at radius 1 is 1.11 bits per heavy atom. The van der Waals surface area contributed by atoms with Gasteiger partial charge in [-0.2, -0.15) is 0 Å². The predicted octanol–water partition coefficient (Wildman–Crippen LogP) is 1.69. The van der Waals surface area contributed by atoms with Crippen LogP contribution in [0.4, 0.5) is 5.95 Å². The minimum Gasteiger partial charge on any atom is -0.452 e. The van der Waals surface area contributed by atoms with E-state index in [1.807, 2.05) is 36.1 Å². The summed E-state index contributed by atoms with van der Waals surface area (Å²) in [5.74, 6) is -0.0561. The Morgan fingerprint density at radius 3 is 2.56 bits per heavy atom. The Balaban J connectivity index is 1.42. The second-order valence-corrected chi connectivity index (χ2v) is 6.27. The molecule has 7 heteroatoms. The first-order valence-corrected chi connectivity index (χ1v) is 8.83. The molecule has 3 rings (SSSR count). The predicted molar refractivity (Wildman–Crippen MR) is 102 cm³/mol. The number of carbonyl (C=O) groups excluding carboxylic acids is 2. The smallest absolute Gasteiger partial charge is 0.331 e. The molecule has 0 N–H and O–H groups in total. The molecule has 1 saturated heterocycles. The maximum absolute atomic E-state index is 12.2. The van der Waals surface area contributed by atoms with Gasteiger partial charge in [0.1, 0.15) is 0 Å². The molecule has 1 amide bonds. The number of hydrogen-bond donors (Lipinski definition) is 0. The van der Waals surface area contributed by atoms with Crippen LogP contribution in [-0.4, -0.2) is 59.5 Å². The number of piperazine rings is 1. The van der Waals surface area contributed by atoms with Crippen molar-refractivity contribution < 1.29 is 14.3 Å². The van der Waals surface area contributed by atoms with Crippen LogP contribution in [0.15, 0.2) is 48.8 Å². The highest BCUT2D eigenvalue weighted by Gasteiger charge is 2.22. The number of anilines is 1. The van der Waals surface area contributed by atoms with Crippen LogP contribution in [0, 0.1) is 6.92 Å². The van der Waals surface area contributed by atoms with Crippen molar-refractivity contribution in [3.63, 3.8) is 0 Å². The van der Waals surface area contributed by atoms with Crippen LogP contribution in [0.2, 0.25) is 0 Å². The molecule has 0 atom stereocenters. The monoisotopic (exact) mass is 366 g/mol. The summed E-state index contributed by atoms with van der Waals surface area (Å²) >= 11 is 0. The highest BCUT2D eigenvalue weighted by Crippen LogP contribution is 2.10. The molecule has 7 nitrogen and oxygen atoms in total. The van der Waals surface area contributed by atoms with Crippen molar-refractivity contribution in [3.05, 3.63) is 59.9 Å². The van der Waals surface area contributed by atoms with E-state index in [1.54, 1.807) is 29.4 Å². The van der Waals surface area contributed by atoms with Crippen LogP contribution >= 0.6 is 0 Å². The molecule has 1 aliphatic heterocycles. The summed E-state index contributed by atoms with van der Waals surface area (Å²) in [6.07, 6.45) is 6.42. The van der Waals surface area contributed by atoms with Gasteiger partial charge in [0.25, 0.3) is 5.91 Å². The van der Waals surface area contributed by atoms with E-state index in [4.69, 9.17) is 4.74 Å². The first-order chi connectivity index (χ1) is 13.1. The summed E-state index contributed by atoms with van der Waals surface area (Å²) in [7, 11) is 0. The number of rotatable bonds is 5. The molecule has 2 aromatic rings. The van der Waals surface area contributed by atoms with Crippen molar-refractivity contribution >= 4 is 23.9 Å². The molecule has 0 radical (unpaired) electrons. The van der Waals surface area contributed by atoms with Gasteiger partial charge in [-0.25, -0.2) is 14.8 Å². The van der Waals surface area contributed by atoms with Gasteiger partial charge in [0, 0.05) is 44.6 Å². The molecule has 0 spiro atoms. The van der Waals surface area contributed by atoms with Gasteiger partial charge < -0.3 is 14.5 Å². The van der Waals surface area contributed by atoms with Crippen LogP contribution in [-0.2, 0) is 14.3 Å². The lowest BCUT2D eigenvalue weighted by molar-refractivity contribution is -0.148. The van der Waals surface area contributed by atoms with Crippen LogP contribution in [0.3, 0.4) is 0 Å². The van der Waals surface area contributed by atoms with Gasteiger partial charge in [-0.1, -0.05) is 29.8 Å². The summed E-state index contributed by atoms with van der Waals surface area (Å²) in [6, 6.07) is 9.54. The van der Waals surface area contributed by atoms with Gasteiger partial charge in [-0.15, -0.1) is 0 Å². The lowest BCUT2D eigenvalue weighted by Crippen LogP contribution is -2.50. The van der Waals surface area contributed by atoms with Gasteiger partial charge in [0.05, 0.1) is 0 Å². The largest absolute Gasteiger partial charge is 0.452 e. The summed E-state index contributed by atoms with van der Waals surface area (Å²) in [6.45, 7) is 4.13. The van der Waals surface area contributed by atoms with Crippen molar-refractivity contribution in [2.45, 2.75) is 6.92 Å². The van der Waals surface area contributed by atoms with Crippen LogP contribution in [0.5, 0.6) is 0 Å². The van der Waals surface area contributed by atoms with E-state index in [-0.39, 0.29) is 12.5 Å². The highest BCUT2D eigenvalue weighted by atomic mass is 16.5. The number of amides is 1. The number of ether oxygens (including phenoxy) is 1. The molecular formula is C20H22N4O3. The van der Waals surface area contributed by atoms with E-state index in [0.29, 0.717) is 32.1 Å². The minimum absolute atomic E-state index is 0.194. The van der Waals surface area contributed by atoms with Gasteiger partial charge in [-0.05, 0) is 24.6 Å². The molecule has 1 aromatic heterocycles. The molecule has 0 aliphatic carbocycles. The third-order valence-electron chi connectivity index (χ3n) is 4.26. The molecule has 140 valence electrons. The number of aryl methyl sites for hydroxylation is 1. The second-order valence-electron chi connectivity index (χ2n) is 6.27. The third kappa shape index (κ3) is 5.37. The number of esters is 1. The van der Waals surface area contributed by atoms with Crippen molar-refractivity contribution in [2.75, 3.05) is 37.7 Å². The van der Waals surface area contributed by atoms with Gasteiger partial charge in [-0.3, -0.25) is 4.79 Å². The van der Waals surface area contributed by atoms with E-state index in [1.165, 1.54) is 6.08 Å². The zero-order valence-electron chi connectivity index (χ0n) is 15.2. The summed E-state index contributed by atoms with van der Waals surface area (Å²) in [5.41, 5.74) is 2.03. The average Bonchev–Trinajstić information content (AvgIpc) is 2.71. The van der Waals surface area contributed by atoms with E-state index in [9.17, 15) is 9.59 Å². The van der Waals surface area contributed by atoms with E-state index in [2.05, 4.69) is 9.97 Å². The summed E-state index contributed by atoms with van der Waals surface area (Å²) in [5, 5.41) is 0. The fraction of sp³-hybridized carbons (Fsp3) is 0.300. The first-order valence-electron chi connectivity index (χ1n) is 8.83. The number of hydrogen-bond acceptors (Lipinski definition) is 6. The minimum atomic E-state index is -0.527. The van der Waals surface area contributed by atoms with Crippen molar-refractivity contribution in [2.24, 2.45) is 0 Å². The zero-order valence-corrected chi connectivity index (χ0v) is 15.2. The standard InChI is InChI=1S/C20H22N4O3/c1-16-4-2-5-17(14-16)6-7-19(26)27-15-18(25)23-10-12-24(13-11-23)20-21-8-3-9-22-20/h2-9,14H,10-13,15H2,1H3/b7-6+. The van der Waals surface area contributed by atoms with E-state index in [0.717, 1.165) is 11.1 Å². The zero-order chi connectivity index (χ0) is 19.1. The Bertz CT molecular complexity index is 815.